The van der Waals surface area contributed by atoms with Crippen LogP contribution in [-0.4, -0.2) is 33.4 Å². The highest BCUT2D eigenvalue weighted by atomic mass is 19.4. The van der Waals surface area contributed by atoms with Crippen LogP contribution in [0.3, 0.4) is 0 Å². The van der Waals surface area contributed by atoms with Gasteiger partial charge in [0.2, 0.25) is 5.91 Å². The SMILES string of the molecule is O=C(Cn1ccc(C(F)(F)F)n1)NCC1CC(O)C1. The molecule has 1 aromatic heterocycles. The molecule has 2 N–H and O–H groups in total. The van der Waals surface area contributed by atoms with Crippen LogP contribution >= 0.6 is 0 Å². The normalized spacial score (nSPS) is 22.9. The number of carbonyl (C=O) groups excluding carboxylic acids is 1. The molecule has 1 amide bonds. The number of aromatic nitrogens is 2. The quantitative estimate of drug-likeness (QED) is 0.855. The average molecular weight is 277 g/mol. The third-order valence-corrected chi connectivity index (χ3v) is 3.04. The van der Waals surface area contributed by atoms with Crippen molar-refractivity contribution >= 4 is 5.91 Å². The van der Waals surface area contributed by atoms with Crippen molar-refractivity contribution in [1.82, 2.24) is 15.1 Å². The molecule has 1 saturated carbocycles. The molecule has 1 aromatic rings. The fourth-order valence-corrected chi connectivity index (χ4v) is 1.93. The molecule has 2 rings (SSSR count). The van der Waals surface area contributed by atoms with Crippen LogP contribution in [0.1, 0.15) is 18.5 Å². The lowest BCUT2D eigenvalue weighted by molar-refractivity contribution is -0.141. The van der Waals surface area contributed by atoms with Gasteiger partial charge in [-0.2, -0.15) is 18.3 Å². The summed E-state index contributed by atoms with van der Waals surface area (Å²) in [6.45, 7) is 0.189. The fourth-order valence-electron chi connectivity index (χ4n) is 1.93. The standard InChI is InChI=1S/C11H14F3N3O2/c12-11(13,14)9-1-2-17(16-9)6-10(19)15-5-7-3-8(18)4-7/h1-2,7-8,18H,3-6H2,(H,15,19). The topological polar surface area (TPSA) is 67.2 Å². The highest BCUT2D eigenvalue weighted by Gasteiger charge is 2.33. The van der Waals surface area contributed by atoms with Gasteiger partial charge in [-0.3, -0.25) is 9.48 Å². The zero-order valence-electron chi connectivity index (χ0n) is 10.0. The summed E-state index contributed by atoms with van der Waals surface area (Å²) in [5, 5.41) is 15.0. The van der Waals surface area contributed by atoms with E-state index in [0.29, 0.717) is 19.4 Å². The van der Waals surface area contributed by atoms with Gasteiger partial charge in [0.1, 0.15) is 6.54 Å². The van der Waals surface area contributed by atoms with Gasteiger partial charge in [0.25, 0.3) is 0 Å². The molecule has 1 aliphatic carbocycles. The van der Waals surface area contributed by atoms with Crippen molar-refractivity contribution in [2.24, 2.45) is 5.92 Å². The van der Waals surface area contributed by atoms with Crippen LogP contribution in [-0.2, 0) is 17.5 Å². The van der Waals surface area contributed by atoms with Gasteiger partial charge in [0.15, 0.2) is 5.69 Å². The molecule has 1 heterocycles. The Morgan fingerprint density at radius 3 is 2.74 bits per heavy atom. The van der Waals surface area contributed by atoms with E-state index in [1.54, 1.807) is 0 Å². The number of alkyl halides is 3. The molecule has 1 fully saturated rings. The summed E-state index contributed by atoms with van der Waals surface area (Å²) in [7, 11) is 0. The summed E-state index contributed by atoms with van der Waals surface area (Å²) in [6.07, 6.45) is -2.36. The van der Waals surface area contributed by atoms with Crippen LogP contribution in [0.5, 0.6) is 0 Å². The second kappa shape index (κ2) is 5.20. The number of nitrogens with zero attached hydrogens (tertiary/aromatic N) is 2. The zero-order valence-corrected chi connectivity index (χ0v) is 10.0. The Bertz CT molecular complexity index is 452. The highest BCUT2D eigenvalue weighted by Crippen LogP contribution is 2.27. The number of carbonyl (C=O) groups is 1. The number of rotatable bonds is 4. The Morgan fingerprint density at radius 2 is 2.21 bits per heavy atom. The summed E-state index contributed by atoms with van der Waals surface area (Å²) < 4.78 is 37.8. The largest absolute Gasteiger partial charge is 0.435 e. The van der Waals surface area contributed by atoms with E-state index in [4.69, 9.17) is 5.11 Å². The van der Waals surface area contributed by atoms with Crippen molar-refractivity contribution in [2.75, 3.05) is 6.54 Å². The Balaban J connectivity index is 1.77. The lowest BCUT2D eigenvalue weighted by Crippen LogP contribution is -2.39. The molecular formula is C11H14F3N3O2. The van der Waals surface area contributed by atoms with E-state index in [9.17, 15) is 18.0 Å². The van der Waals surface area contributed by atoms with Crippen LogP contribution in [0.15, 0.2) is 12.3 Å². The predicted molar refractivity (Wildman–Crippen MR) is 59.0 cm³/mol. The average Bonchev–Trinajstić information content (AvgIpc) is 2.70. The minimum Gasteiger partial charge on any atom is -0.393 e. The first-order chi connectivity index (χ1) is 8.84. The monoisotopic (exact) mass is 277 g/mol. The van der Waals surface area contributed by atoms with Crippen molar-refractivity contribution in [2.45, 2.75) is 31.7 Å². The zero-order chi connectivity index (χ0) is 14.0. The smallest absolute Gasteiger partial charge is 0.393 e. The Kier molecular flexibility index (Phi) is 3.79. The Labute approximate surface area is 107 Å². The number of aliphatic hydroxyl groups excluding tert-OH is 1. The molecule has 1 aliphatic rings. The molecule has 19 heavy (non-hydrogen) atoms. The van der Waals surface area contributed by atoms with E-state index in [0.717, 1.165) is 16.9 Å². The molecule has 0 radical (unpaired) electrons. The predicted octanol–water partition coefficient (Wildman–Crippen LogP) is 0.789. The molecule has 0 bridgehead atoms. The Morgan fingerprint density at radius 1 is 1.53 bits per heavy atom. The minimum atomic E-state index is -4.50. The first-order valence-electron chi connectivity index (χ1n) is 5.90. The number of hydrogen-bond donors (Lipinski definition) is 2. The fraction of sp³-hybridized carbons (Fsp3) is 0.636. The lowest BCUT2D eigenvalue weighted by Gasteiger charge is -2.31. The molecule has 0 spiro atoms. The van der Waals surface area contributed by atoms with Crippen LogP contribution < -0.4 is 5.32 Å². The molecule has 8 heteroatoms. The van der Waals surface area contributed by atoms with Crippen molar-refractivity contribution < 1.29 is 23.1 Å². The molecule has 0 unspecified atom stereocenters. The van der Waals surface area contributed by atoms with E-state index >= 15 is 0 Å². The van der Waals surface area contributed by atoms with Gasteiger partial charge in [0, 0.05) is 12.7 Å². The summed E-state index contributed by atoms with van der Waals surface area (Å²) in [5.74, 6) is -0.138. The van der Waals surface area contributed by atoms with Gasteiger partial charge in [0.05, 0.1) is 6.10 Å². The minimum absolute atomic E-state index is 0.245. The first-order valence-corrected chi connectivity index (χ1v) is 5.90. The molecule has 0 atom stereocenters. The van der Waals surface area contributed by atoms with E-state index in [2.05, 4.69) is 10.4 Å². The number of nitrogens with one attached hydrogen (secondary N) is 1. The van der Waals surface area contributed by atoms with Gasteiger partial charge in [-0.05, 0) is 24.8 Å². The first kappa shape index (κ1) is 13.9. The van der Waals surface area contributed by atoms with E-state index in [1.807, 2.05) is 0 Å². The van der Waals surface area contributed by atoms with Crippen molar-refractivity contribution in [1.29, 1.82) is 0 Å². The number of amides is 1. The van der Waals surface area contributed by atoms with Crippen molar-refractivity contribution in [3.63, 3.8) is 0 Å². The maximum atomic E-state index is 12.3. The summed E-state index contributed by atoms with van der Waals surface area (Å²) in [6, 6.07) is 0.829. The van der Waals surface area contributed by atoms with Crippen LogP contribution in [0.4, 0.5) is 13.2 Å². The van der Waals surface area contributed by atoms with Crippen molar-refractivity contribution in [3.8, 4) is 0 Å². The number of aliphatic hydroxyl groups is 1. The van der Waals surface area contributed by atoms with E-state index in [-0.39, 0.29) is 18.6 Å². The van der Waals surface area contributed by atoms with E-state index in [1.165, 1.54) is 0 Å². The van der Waals surface area contributed by atoms with Crippen LogP contribution in [0.25, 0.3) is 0 Å². The highest BCUT2D eigenvalue weighted by molar-refractivity contribution is 5.75. The molecular weight excluding hydrogens is 263 g/mol. The maximum Gasteiger partial charge on any atom is 0.435 e. The number of hydrogen-bond acceptors (Lipinski definition) is 3. The third kappa shape index (κ3) is 3.69. The third-order valence-electron chi connectivity index (χ3n) is 3.04. The molecule has 0 aromatic carbocycles. The molecule has 0 aliphatic heterocycles. The van der Waals surface area contributed by atoms with Crippen LogP contribution in [0.2, 0.25) is 0 Å². The number of halogens is 3. The molecule has 106 valence electrons. The maximum absolute atomic E-state index is 12.3. The second-order valence-corrected chi connectivity index (χ2v) is 4.69. The van der Waals surface area contributed by atoms with Gasteiger partial charge in [-0.1, -0.05) is 0 Å². The summed E-state index contributed by atoms with van der Waals surface area (Å²) in [5.41, 5.74) is -1.01. The van der Waals surface area contributed by atoms with Gasteiger partial charge in [-0.25, -0.2) is 0 Å². The van der Waals surface area contributed by atoms with Crippen molar-refractivity contribution in [3.05, 3.63) is 18.0 Å². The molecule has 0 saturated heterocycles. The summed E-state index contributed by atoms with van der Waals surface area (Å²) >= 11 is 0. The Hall–Kier alpha value is -1.57. The van der Waals surface area contributed by atoms with E-state index < -0.39 is 17.8 Å². The lowest BCUT2D eigenvalue weighted by atomic mass is 9.82. The second-order valence-electron chi connectivity index (χ2n) is 4.69. The summed E-state index contributed by atoms with van der Waals surface area (Å²) in [4.78, 5) is 11.5. The van der Waals surface area contributed by atoms with Gasteiger partial charge >= 0.3 is 6.18 Å². The molecule has 5 nitrogen and oxygen atoms in total. The van der Waals surface area contributed by atoms with Gasteiger partial charge < -0.3 is 10.4 Å². The van der Waals surface area contributed by atoms with Crippen LogP contribution in [0, 0.1) is 5.92 Å². The van der Waals surface area contributed by atoms with Gasteiger partial charge in [-0.15, -0.1) is 0 Å².